The fraction of sp³-hybridized carbons (Fsp3) is 0.0769. The topological polar surface area (TPSA) is 86.2 Å². The van der Waals surface area contributed by atoms with Gasteiger partial charge in [0.15, 0.2) is 9.99 Å². The Bertz CT molecular complexity index is 1170. The molecule has 0 radical (unpaired) electrons. The number of aromatic nitrogens is 8. The van der Waals surface area contributed by atoms with E-state index in [9.17, 15) is 0 Å². The van der Waals surface area contributed by atoms with E-state index in [1.54, 1.807) is 22.6 Å². The Labute approximate surface area is 137 Å². The lowest BCUT2D eigenvalue weighted by atomic mass is 10.2. The molecule has 5 aromatic rings. The van der Waals surface area contributed by atoms with Crippen molar-refractivity contribution >= 4 is 44.6 Å². The van der Waals surface area contributed by atoms with Crippen molar-refractivity contribution in [2.24, 2.45) is 0 Å². The molecular formula is C13H8N8S2. The monoisotopic (exact) mass is 340 g/mol. The number of thioether (sulfide) groups is 1. The lowest BCUT2D eigenvalue weighted by Crippen LogP contribution is -1.97. The van der Waals surface area contributed by atoms with Gasteiger partial charge in [-0.1, -0.05) is 35.2 Å². The number of fused-ring (bicyclic) bond motifs is 4. The molecule has 0 aliphatic rings. The third-order valence-corrected chi connectivity index (χ3v) is 5.37. The lowest BCUT2D eigenvalue weighted by Gasteiger charge is -1.99. The summed E-state index contributed by atoms with van der Waals surface area (Å²) in [7, 11) is 0. The quantitative estimate of drug-likeness (QED) is 0.455. The molecule has 8 nitrogen and oxygen atoms in total. The number of hydrogen-bond donors (Lipinski definition) is 0. The van der Waals surface area contributed by atoms with E-state index in [2.05, 4.69) is 30.5 Å². The second-order valence-corrected chi connectivity index (χ2v) is 6.78. The first-order valence-corrected chi connectivity index (χ1v) is 8.74. The van der Waals surface area contributed by atoms with Crippen LogP contribution < -0.4 is 0 Å². The third kappa shape index (κ3) is 1.79. The maximum atomic E-state index is 4.49. The summed E-state index contributed by atoms with van der Waals surface area (Å²) >= 11 is 3.07. The van der Waals surface area contributed by atoms with E-state index in [1.165, 1.54) is 11.3 Å². The van der Waals surface area contributed by atoms with Crippen molar-refractivity contribution in [3.63, 3.8) is 0 Å². The smallest absolute Gasteiger partial charge is 0.235 e. The van der Waals surface area contributed by atoms with Crippen molar-refractivity contribution in [1.82, 2.24) is 39.4 Å². The minimum atomic E-state index is 0.557. The first-order chi connectivity index (χ1) is 11.3. The summed E-state index contributed by atoms with van der Waals surface area (Å²) in [6.45, 7) is 0. The van der Waals surface area contributed by atoms with E-state index < -0.39 is 0 Å². The summed E-state index contributed by atoms with van der Waals surface area (Å²) in [6.07, 6.45) is 3.68. The molecule has 0 fully saturated rings. The maximum absolute atomic E-state index is 4.49. The Morgan fingerprint density at radius 1 is 1.04 bits per heavy atom. The molecule has 0 saturated carbocycles. The van der Waals surface area contributed by atoms with Gasteiger partial charge in [0, 0.05) is 5.39 Å². The van der Waals surface area contributed by atoms with E-state index in [1.807, 2.05) is 34.9 Å². The molecule has 23 heavy (non-hydrogen) atoms. The number of nitrogens with zero attached hydrogens (tertiary/aromatic N) is 8. The molecule has 0 N–H and O–H groups in total. The summed E-state index contributed by atoms with van der Waals surface area (Å²) in [4.78, 5) is 5.19. The normalized spacial score (nSPS) is 11.9. The molecule has 0 amide bonds. The van der Waals surface area contributed by atoms with Crippen LogP contribution in [0.1, 0.15) is 0 Å². The van der Waals surface area contributed by atoms with E-state index in [-0.39, 0.29) is 0 Å². The van der Waals surface area contributed by atoms with Crippen LogP contribution in [0.25, 0.3) is 33.2 Å². The van der Waals surface area contributed by atoms with E-state index >= 15 is 0 Å². The molecule has 0 saturated heterocycles. The highest BCUT2D eigenvalue weighted by Gasteiger charge is 2.19. The molecule has 10 heteroatoms. The molecule has 0 bridgehead atoms. The number of benzene rings is 1. The van der Waals surface area contributed by atoms with Crippen LogP contribution in [-0.4, -0.2) is 45.6 Å². The van der Waals surface area contributed by atoms with Crippen LogP contribution in [0.3, 0.4) is 0 Å². The molecule has 0 unspecified atom stereocenters. The van der Waals surface area contributed by atoms with Crippen molar-refractivity contribution in [2.45, 2.75) is 4.34 Å². The fourth-order valence-electron chi connectivity index (χ4n) is 2.45. The fourth-order valence-corrected chi connectivity index (χ4v) is 3.75. The van der Waals surface area contributed by atoms with Crippen molar-refractivity contribution in [3.8, 4) is 11.6 Å². The van der Waals surface area contributed by atoms with Gasteiger partial charge < -0.3 is 0 Å². The number of rotatable bonds is 2. The van der Waals surface area contributed by atoms with Crippen LogP contribution in [-0.2, 0) is 0 Å². The summed E-state index contributed by atoms with van der Waals surface area (Å²) in [5.41, 5.74) is 1.62. The minimum absolute atomic E-state index is 0.557. The number of para-hydroxylation sites is 1. The second-order valence-electron chi connectivity index (χ2n) is 4.77. The van der Waals surface area contributed by atoms with Crippen LogP contribution in [0.5, 0.6) is 0 Å². The molecule has 5 rings (SSSR count). The van der Waals surface area contributed by atoms with Crippen molar-refractivity contribution in [1.29, 1.82) is 0 Å². The zero-order valence-electron chi connectivity index (χ0n) is 11.8. The molecule has 4 aromatic heterocycles. The average Bonchev–Trinajstić information content (AvgIpc) is 3.27. The Morgan fingerprint density at radius 2 is 1.91 bits per heavy atom. The Balaban J connectivity index is 1.82. The summed E-state index contributed by atoms with van der Waals surface area (Å²) < 4.78 is 4.44. The molecule has 112 valence electrons. The van der Waals surface area contributed by atoms with Crippen LogP contribution in [0.2, 0.25) is 0 Å². The van der Waals surface area contributed by atoms with Gasteiger partial charge in [-0.2, -0.15) is 4.52 Å². The highest BCUT2D eigenvalue weighted by atomic mass is 32.2. The van der Waals surface area contributed by atoms with Crippen molar-refractivity contribution < 1.29 is 0 Å². The number of hydrogen-bond acceptors (Lipinski definition) is 8. The highest BCUT2D eigenvalue weighted by Crippen LogP contribution is 2.26. The molecular weight excluding hydrogens is 332 g/mol. The minimum Gasteiger partial charge on any atom is -0.262 e. The van der Waals surface area contributed by atoms with Crippen LogP contribution in [0.4, 0.5) is 0 Å². The third-order valence-electron chi connectivity index (χ3n) is 3.50. The zero-order valence-corrected chi connectivity index (χ0v) is 13.4. The van der Waals surface area contributed by atoms with Gasteiger partial charge in [0.2, 0.25) is 16.6 Å². The van der Waals surface area contributed by atoms with E-state index in [4.69, 9.17) is 0 Å². The second kappa shape index (κ2) is 4.70. The van der Waals surface area contributed by atoms with Gasteiger partial charge >= 0.3 is 0 Å². The standard InChI is InChI=1S/C13H8N8S2/c1-22-13-19-21-11(17-18-12(21)23-13)10-16-15-9-7-4-2-3-5-8(7)14-6-20(9)10/h2-6H,1H3. The van der Waals surface area contributed by atoms with E-state index in [0.717, 1.165) is 25.9 Å². The lowest BCUT2D eigenvalue weighted by molar-refractivity contribution is 0.892. The van der Waals surface area contributed by atoms with E-state index in [0.29, 0.717) is 11.6 Å². The van der Waals surface area contributed by atoms with Crippen LogP contribution in [0.15, 0.2) is 34.9 Å². The largest absolute Gasteiger partial charge is 0.262 e. The van der Waals surface area contributed by atoms with Gasteiger partial charge in [-0.15, -0.1) is 25.5 Å². The van der Waals surface area contributed by atoms with Gasteiger partial charge in [-0.05, 0) is 18.4 Å². The van der Waals surface area contributed by atoms with Crippen LogP contribution in [0, 0.1) is 0 Å². The highest BCUT2D eigenvalue weighted by molar-refractivity contribution is 8.00. The molecule has 1 aromatic carbocycles. The molecule has 0 aliphatic carbocycles. The Hall–Kier alpha value is -2.59. The van der Waals surface area contributed by atoms with Gasteiger partial charge in [-0.3, -0.25) is 4.40 Å². The SMILES string of the molecule is CSc1nn2c(-c3nnc4c5ccccc5ncn34)nnc2s1. The van der Waals surface area contributed by atoms with Gasteiger partial charge in [0.05, 0.1) is 5.52 Å². The molecule has 0 aliphatic heterocycles. The summed E-state index contributed by atoms with van der Waals surface area (Å²) in [6, 6.07) is 7.83. The Morgan fingerprint density at radius 3 is 2.83 bits per heavy atom. The summed E-state index contributed by atoms with van der Waals surface area (Å²) in [5.74, 6) is 1.13. The average molecular weight is 340 g/mol. The molecule has 4 heterocycles. The first kappa shape index (κ1) is 12.9. The van der Waals surface area contributed by atoms with Gasteiger partial charge in [0.1, 0.15) is 6.33 Å². The predicted octanol–water partition coefficient (Wildman–Crippen LogP) is 2.17. The summed E-state index contributed by atoms with van der Waals surface area (Å²) in [5, 5.41) is 22.4. The molecule has 0 spiro atoms. The molecule has 0 atom stereocenters. The first-order valence-electron chi connectivity index (χ1n) is 6.70. The van der Waals surface area contributed by atoms with Crippen LogP contribution >= 0.6 is 23.1 Å². The van der Waals surface area contributed by atoms with Crippen molar-refractivity contribution in [3.05, 3.63) is 30.6 Å². The maximum Gasteiger partial charge on any atom is 0.235 e. The predicted molar refractivity (Wildman–Crippen MR) is 87.7 cm³/mol. The zero-order chi connectivity index (χ0) is 15.4. The van der Waals surface area contributed by atoms with Gasteiger partial charge in [0.25, 0.3) is 0 Å². The Kier molecular flexibility index (Phi) is 2.64. The van der Waals surface area contributed by atoms with Gasteiger partial charge in [-0.25, -0.2) is 4.98 Å². The van der Waals surface area contributed by atoms with Crippen molar-refractivity contribution in [2.75, 3.05) is 6.26 Å².